The van der Waals surface area contributed by atoms with E-state index >= 15 is 0 Å². The van der Waals surface area contributed by atoms with Gasteiger partial charge in [0.15, 0.2) is 5.82 Å². The average molecular weight is 627 g/mol. The van der Waals surface area contributed by atoms with E-state index in [1.165, 1.54) is 27.4 Å². The summed E-state index contributed by atoms with van der Waals surface area (Å²) in [5, 5.41) is 2.48. The van der Waals surface area contributed by atoms with Crippen LogP contribution in [0, 0.1) is 0 Å². The lowest BCUT2D eigenvalue weighted by Crippen LogP contribution is -1.96. The Morgan fingerprint density at radius 1 is 0.408 bits per heavy atom. The maximum Gasteiger partial charge on any atom is 0.160 e. The van der Waals surface area contributed by atoms with Gasteiger partial charge in [0.1, 0.15) is 0 Å². The number of pyridine rings is 1. The van der Waals surface area contributed by atoms with Crippen molar-refractivity contribution in [3.05, 3.63) is 182 Å². The fourth-order valence-electron chi connectivity index (χ4n) is 6.79. The largest absolute Gasteiger partial charge is 0.309 e. The van der Waals surface area contributed by atoms with Gasteiger partial charge in [-0.05, 0) is 59.2 Å². The molecule has 9 rings (SSSR count). The van der Waals surface area contributed by atoms with Crippen LogP contribution < -0.4 is 0 Å². The predicted octanol–water partition coefficient (Wildman–Crippen LogP) is 11.3. The van der Waals surface area contributed by atoms with E-state index in [9.17, 15) is 0 Å². The molecule has 0 aliphatic heterocycles. The van der Waals surface area contributed by atoms with E-state index in [0.29, 0.717) is 5.82 Å². The first-order valence-electron chi connectivity index (χ1n) is 16.4. The van der Waals surface area contributed by atoms with Crippen LogP contribution in [-0.4, -0.2) is 19.5 Å². The summed E-state index contributed by atoms with van der Waals surface area (Å²) >= 11 is 0. The lowest BCUT2D eigenvalue weighted by molar-refractivity contribution is 1.18. The smallest absolute Gasteiger partial charge is 0.160 e. The van der Waals surface area contributed by atoms with Gasteiger partial charge < -0.3 is 4.57 Å². The lowest BCUT2D eigenvalue weighted by Gasteiger charge is -2.11. The van der Waals surface area contributed by atoms with Crippen molar-refractivity contribution >= 4 is 21.8 Å². The van der Waals surface area contributed by atoms with Gasteiger partial charge in [0.05, 0.1) is 22.4 Å². The first-order valence-corrected chi connectivity index (χ1v) is 16.4. The summed E-state index contributed by atoms with van der Waals surface area (Å²) in [6.07, 6.45) is 3.69. The van der Waals surface area contributed by atoms with Crippen LogP contribution in [0.15, 0.2) is 182 Å². The fraction of sp³-hybridized carbons (Fsp3) is 0. The van der Waals surface area contributed by atoms with Crippen molar-refractivity contribution < 1.29 is 0 Å². The zero-order chi connectivity index (χ0) is 32.6. The summed E-state index contributed by atoms with van der Waals surface area (Å²) < 4.78 is 2.36. The molecular weight excluding hydrogens is 597 g/mol. The Hall–Kier alpha value is -6.65. The highest BCUT2D eigenvalue weighted by atomic mass is 15.0. The molecular formula is C45H30N4. The Morgan fingerprint density at radius 2 is 1.04 bits per heavy atom. The number of rotatable bonds is 6. The van der Waals surface area contributed by atoms with Gasteiger partial charge in [-0.25, -0.2) is 9.97 Å². The second kappa shape index (κ2) is 12.2. The highest BCUT2D eigenvalue weighted by Crippen LogP contribution is 2.39. The molecule has 3 heterocycles. The summed E-state index contributed by atoms with van der Waals surface area (Å²) in [7, 11) is 0. The van der Waals surface area contributed by atoms with E-state index in [-0.39, 0.29) is 0 Å². The quantitative estimate of drug-likeness (QED) is 0.184. The molecule has 49 heavy (non-hydrogen) atoms. The van der Waals surface area contributed by atoms with Crippen LogP contribution in [-0.2, 0) is 0 Å². The molecule has 0 bridgehead atoms. The Morgan fingerprint density at radius 3 is 1.84 bits per heavy atom. The number of para-hydroxylation sites is 2. The molecule has 0 atom stereocenters. The number of hydrogen-bond donors (Lipinski definition) is 0. The second-order valence-corrected chi connectivity index (χ2v) is 12.1. The summed E-state index contributed by atoms with van der Waals surface area (Å²) in [5.74, 6) is 0.688. The first kappa shape index (κ1) is 28.6. The topological polar surface area (TPSA) is 43.6 Å². The Labute approximate surface area is 284 Å². The average Bonchev–Trinajstić information content (AvgIpc) is 3.53. The van der Waals surface area contributed by atoms with Gasteiger partial charge >= 0.3 is 0 Å². The molecule has 230 valence electrons. The molecule has 0 radical (unpaired) electrons. The lowest BCUT2D eigenvalue weighted by atomic mass is 9.98. The molecule has 0 spiro atoms. The molecule has 4 nitrogen and oxygen atoms in total. The molecule has 6 aromatic carbocycles. The van der Waals surface area contributed by atoms with E-state index in [2.05, 4.69) is 155 Å². The van der Waals surface area contributed by atoms with Crippen LogP contribution in [0.5, 0.6) is 0 Å². The first-order chi connectivity index (χ1) is 24.3. The van der Waals surface area contributed by atoms with Gasteiger partial charge in [-0.15, -0.1) is 0 Å². The molecule has 9 aromatic rings. The third-order valence-electron chi connectivity index (χ3n) is 9.12. The summed E-state index contributed by atoms with van der Waals surface area (Å²) in [6, 6.07) is 59.4. The van der Waals surface area contributed by atoms with E-state index in [4.69, 9.17) is 9.97 Å². The number of nitrogens with zero attached hydrogens (tertiary/aromatic N) is 4. The van der Waals surface area contributed by atoms with Crippen LogP contribution in [0.2, 0.25) is 0 Å². The third kappa shape index (κ3) is 5.26. The fourth-order valence-corrected chi connectivity index (χ4v) is 6.79. The van der Waals surface area contributed by atoms with Crippen molar-refractivity contribution in [1.82, 2.24) is 19.5 Å². The highest BCUT2D eigenvalue weighted by molar-refractivity contribution is 6.15. The minimum Gasteiger partial charge on any atom is -0.309 e. The SMILES string of the molecule is c1ccc(-c2cc(-c3cccc(-c4cccnc4)c3)nc(-c3ccc(-c4cccc5c4c4ccccc4n5-c4ccccc4)cc3)n2)cc1. The predicted molar refractivity (Wildman–Crippen MR) is 201 cm³/mol. The Balaban J connectivity index is 1.16. The summed E-state index contributed by atoms with van der Waals surface area (Å²) in [6.45, 7) is 0. The monoisotopic (exact) mass is 626 g/mol. The number of aromatic nitrogens is 4. The molecule has 0 unspecified atom stereocenters. The standard InChI is InChI=1S/C45H30N4/c1-3-12-32(13-4-1)40-29-41(35-15-9-14-34(28-35)36-16-11-27-46-30-36)48-45(47-40)33-25-23-31(24-26-33)38-20-10-22-43-44(38)39-19-7-8-21-42(39)49(43)37-17-5-2-6-18-37/h1-30H. The molecule has 0 fully saturated rings. The van der Waals surface area contributed by atoms with E-state index in [1.807, 2.05) is 30.5 Å². The Kier molecular flexibility index (Phi) is 7.10. The van der Waals surface area contributed by atoms with E-state index < -0.39 is 0 Å². The van der Waals surface area contributed by atoms with E-state index in [0.717, 1.165) is 50.5 Å². The van der Waals surface area contributed by atoms with Gasteiger partial charge in [-0.3, -0.25) is 4.98 Å². The maximum atomic E-state index is 5.13. The van der Waals surface area contributed by atoms with E-state index in [1.54, 1.807) is 6.20 Å². The van der Waals surface area contributed by atoms with Crippen LogP contribution in [0.3, 0.4) is 0 Å². The van der Waals surface area contributed by atoms with Crippen LogP contribution in [0.25, 0.3) is 83.6 Å². The van der Waals surface area contributed by atoms with Gasteiger partial charge in [0.25, 0.3) is 0 Å². The minimum atomic E-state index is 0.688. The second-order valence-electron chi connectivity index (χ2n) is 12.1. The van der Waals surface area contributed by atoms with Crippen molar-refractivity contribution in [2.24, 2.45) is 0 Å². The molecule has 3 aromatic heterocycles. The molecule has 4 heteroatoms. The van der Waals surface area contributed by atoms with Gasteiger partial charge in [0.2, 0.25) is 0 Å². The van der Waals surface area contributed by atoms with Crippen molar-refractivity contribution in [3.8, 4) is 61.8 Å². The summed E-state index contributed by atoms with van der Waals surface area (Å²) in [4.78, 5) is 14.5. The molecule has 0 saturated heterocycles. The number of hydrogen-bond acceptors (Lipinski definition) is 3. The zero-order valence-electron chi connectivity index (χ0n) is 26.6. The third-order valence-corrected chi connectivity index (χ3v) is 9.12. The minimum absolute atomic E-state index is 0.688. The molecule has 0 aliphatic carbocycles. The maximum absolute atomic E-state index is 5.13. The Bertz CT molecular complexity index is 2570. The molecule has 0 saturated carbocycles. The molecule has 0 N–H and O–H groups in total. The van der Waals surface area contributed by atoms with Crippen molar-refractivity contribution in [1.29, 1.82) is 0 Å². The highest BCUT2D eigenvalue weighted by Gasteiger charge is 2.17. The van der Waals surface area contributed by atoms with Crippen LogP contribution >= 0.6 is 0 Å². The van der Waals surface area contributed by atoms with Crippen molar-refractivity contribution in [3.63, 3.8) is 0 Å². The summed E-state index contributed by atoms with van der Waals surface area (Å²) in [5.41, 5.74) is 12.8. The zero-order valence-corrected chi connectivity index (χ0v) is 26.6. The van der Waals surface area contributed by atoms with Crippen LogP contribution in [0.4, 0.5) is 0 Å². The number of fused-ring (bicyclic) bond motifs is 3. The van der Waals surface area contributed by atoms with Gasteiger partial charge in [-0.1, -0.05) is 127 Å². The normalized spacial score (nSPS) is 11.3. The molecule has 0 amide bonds. The van der Waals surface area contributed by atoms with Crippen molar-refractivity contribution in [2.75, 3.05) is 0 Å². The van der Waals surface area contributed by atoms with Crippen LogP contribution in [0.1, 0.15) is 0 Å². The molecule has 0 aliphatic rings. The van der Waals surface area contributed by atoms with Crippen molar-refractivity contribution in [2.45, 2.75) is 0 Å². The number of benzene rings is 6. The van der Waals surface area contributed by atoms with Gasteiger partial charge in [-0.2, -0.15) is 0 Å². The van der Waals surface area contributed by atoms with Gasteiger partial charge in [0, 0.05) is 51.1 Å².